The third-order valence-corrected chi connectivity index (χ3v) is 5.12. The molecule has 0 spiro atoms. The van der Waals surface area contributed by atoms with Gasteiger partial charge in [0.2, 0.25) is 5.91 Å². The van der Waals surface area contributed by atoms with Gasteiger partial charge in [-0.3, -0.25) is 9.59 Å². The number of carbonyl (C=O) groups is 2. The molecule has 144 valence electrons. The number of H-pyrrole nitrogens is 1. The number of rotatable bonds is 7. The van der Waals surface area contributed by atoms with Gasteiger partial charge in [-0.2, -0.15) is 0 Å². The van der Waals surface area contributed by atoms with Gasteiger partial charge in [0, 0.05) is 24.9 Å². The average molecular weight is 367 g/mol. The fraction of sp³-hybridized carbons (Fsp3) is 0.667. The first-order chi connectivity index (χ1) is 12.1. The fourth-order valence-corrected chi connectivity index (χ4v) is 3.49. The number of carboxylic acids is 1. The molecule has 1 aromatic rings. The number of piperidine rings is 1. The summed E-state index contributed by atoms with van der Waals surface area (Å²) in [6, 6.07) is -1.60. The van der Waals surface area contributed by atoms with Gasteiger partial charge in [0.1, 0.15) is 5.54 Å². The lowest BCUT2D eigenvalue weighted by molar-refractivity contribution is -0.154. The molecule has 10 nitrogen and oxygen atoms in total. The Kier molecular flexibility index (Phi) is 6.40. The number of amides is 1. The maximum absolute atomic E-state index is 12.8. The van der Waals surface area contributed by atoms with Crippen LogP contribution in [0.1, 0.15) is 25.5 Å². The lowest BCUT2D eigenvalue weighted by Gasteiger charge is -2.47. The van der Waals surface area contributed by atoms with Crippen LogP contribution in [0.2, 0.25) is 6.32 Å². The minimum absolute atomic E-state index is 0.0803. The molecule has 0 unspecified atom stereocenters. The molecule has 1 amide bonds. The molecule has 0 bridgehead atoms. The van der Waals surface area contributed by atoms with Crippen LogP contribution >= 0.6 is 0 Å². The number of hydrogen-bond acceptors (Lipinski definition) is 7. The second-order valence-corrected chi connectivity index (χ2v) is 7.03. The Morgan fingerprint density at radius 3 is 2.77 bits per heavy atom. The highest BCUT2D eigenvalue weighted by molar-refractivity contribution is 6.40. The van der Waals surface area contributed by atoms with Crippen LogP contribution in [0.3, 0.4) is 0 Å². The zero-order chi connectivity index (χ0) is 19.5. The number of carboxylic acid groups (broad SMARTS) is 1. The van der Waals surface area contributed by atoms with E-state index in [9.17, 15) is 14.7 Å². The lowest BCUT2D eigenvalue weighted by atomic mass is 9.72. The molecule has 1 aliphatic rings. The molecule has 0 aliphatic carbocycles. The van der Waals surface area contributed by atoms with Gasteiger partial charge in [-0.15, -0.1) is 0 Å². The van der Waals surface area contributed by atoms with Crippen LogP contribution in [-0.2, 0) is 16.0 Å². The second-order valence-electron chi connectivity index (χ2n) is 7.03. The van der Waals surface area contributed by atoms with E-state index in [1.165, 1.54) is 11.2 Å². The molecular formula is C15H26BN5O5. The predicted molar refractivity (Wildman–Crippen MR) is 93.7 cm³/mol. The van der Waals surface area contributed by atoms with Gasteiger partial charge in [-0.1, -0.05) is 6.42 Å². The summed E-state index contributed by atoms with van der Waals surface area (Å²) < 4.78 is 0. The van der Waals surface area contributed by atoms with Crippen LogP contribution in [0, 0.1) is 5.92 Å². The first kappa shape index (κ1) is 20.4. The Morgan fingerprint density at radius 2 is 2.23 bits per heavy atom. The topological polar surface area (TPSA) is 179 Å². The van der Waals surface area contributed by atoms with Crippen molar-refractivity contribution in [1.29, 1.82) is 0 Å². The van der Waals surface area contributed by atoms with E-state index in [0.717, 1.165) is 0 Å². The normalized spacial score (nSPS) is 27.2. The number of carbonyl (C=O) groups excluding carboxylic acids is 1. The smallest absolute Gasteiger partial charge is 0.451 e. The van der Waals surface area contributed by atoms with Crippen molar-refractivity contribution in [3.05, 3.63) is 18.2 Å². The van der Waals surface area contributed by atoms with Crippen LogP contribution in [0.5, 0.6) is 0 Å². The molecule has 4 atom stereocenters. The number of aromatic amines is 1. The Morgan fingerprint density at radius 1 is 1.54 bits per heavy atom. The summed E-state index contributed by atoms with van der Waals surface area (Å²) >= 11 is 0. The number of hydrogen-bond donors (Lipinski definition) is 6. The summed E-state index contributed by atoms with van der Waals surface area (Å²) in [6.45, 7) is 1.88. The van der Waals surface area contributed by atoms with Gasteiger partial charge >= 0.3 is 13.1 Å². The highest BCUT2D eigenvalue weighted by atomic mass is 16.4. The predicted octanol–water partition coefficient (Wildman–Crippen LogP) is -1.84. The van der Waals surface area contributed by atoms with Crippen molar-refractivity contribution in [2.45, 2.75) is 50.1 Å². The van der Waals surface area contributed by atoms with E-state index in [1.54, 1.807) is 13.1 Å². The summed E-state index contributed by atoms with van der Waals surface area (Å²) in [6.07, 6.45) is 3.87. The zero-order valence-corrected chi connectivity index (χ0v) is 14.7. The minimum Gasteiger partial charge on any atom is -0.480 e. The number of aromatic nitrogens is 2. The average Bonchev–Trinajstić information content (AvgIpc) is 3.07. The van der Waals surface area contributed by atoms with E-state index < -0.39 is 36.6 Å². The van der Waals surface area contributed by atoms with E-state index in [4.69, 9.17) is 21.5 Å². The van der Waals surface area contributed by atoms with E-state index in [-0.39, 0.29) is 31.6 Å². The van der Waals surface area contributed by atoms with E-state index in [0.29, 0.717) is 12.1 Å². The first-order valence-electron chi connectivity index (χ1n) is 8.57. The summed E-state index contributed by atoms with van der Waals surface area (Å²) in [5.74, 6) is -1.85. The minimum atomic E-state index is -1.62. The first-order valence-corrected chi connectivity index (χ1v) is 8.57. The lowest BCUT2D eigenvalue weighted by Crippen LogP contribution is -2.69. The summed E-state index contributed by atoms with van der Waals surface area (Å²) in [5, 5.41) is 27.8. The number of aliphatic carboxylic acids is 1. The van der Waals surface area contributed by atoms with Crippen LogP contribution in [0.25, 0.3) is 0 Å². The maximum atomic E-state index is 12.8. The Balaban J connectivity index is 2.17. The van der Waals surface area contributed by atoms with Gasteiger partial charge in [-0.25, -0.2) is 4.98 Å². The Bertz CT molecular complexity index is 628. The molecule has 1 aromatic heterocycles. The van der Waals surface area contributed by atoms with Gasteiger partial charge in [0.05, 0.1) is 18.4 Å². The molecule has 0 saturated carbocycles. The summed E-state index contributed by atoms with van der Waals surface area (Å²) in [4.78, 5) is 32.8. The van der Waals surface area contributed by atoms with Gasteiger partial charge in [-0.05, 0) is 25.6 Å². The van der Waals surface area contributed by atoms with Crippen molar-refractivity contribution < 1.29 is 24.7 Å². The molecule has 1 saturated heterocycles. The van der Waals surface area contributed by atoms with Crippen LogP contribution in [0.4, 0.5) is 0 Å². The van der Waals surface area contributed by atoms with Crippen molar-refractivity contribution >= 4 is 19.0 Å². The number of nitrogens with zero attached hydrogens (tertiary/aromatic N) is 2. The molecular weight excluding hydrogens is 341 g/mol. The SMILES string of the molecule is C[C@@H]1N(C(=O)[C@@H](N)Cc2cnc[nH]2)C[C@@H](CCB(O)O)C[C@]1(N)C(=O)O. The monoisotopic (exact) mass is 367 g/mol. The molecule has 26 heavy (non-hydrogen) atoms. The molecule has 11 heteroatoms. The summed E-state index contributed by atoms with van der Waals surface area (Å²) in [7, 11) is -1.49. The number of imidazole rings is 1. The number of likely N-dealkylation sites (tertiary alicyclic amines) is 1. The third-order valence-electron chi connectivity index (χ3n) is 5.12. The fourth-order valence-electron chi connectivity index (χ4n) is 3.49. The highest BCUT2D eigenvalue weighted by Crippen LogP contribution is 2.33. The zero-order valence-electron chi connectivity index (χ0n) is 14.7. The Labute approximate surface area is 151 Å². The van der Waals surface area contributed by atoms with Crippen LogP contribution in [0.15, 0.2) is 12.5 Å². The van der Waals surface area contributed by atoms with E-state index in [2.05, 4.69) is 9.97 Å². The maximum Gasteiger partial charge on any atom is 0.451 e. The molecule has 1 aliphatic heterocycles. The van der Waals surface area contributed by atoms with Gasteiger partial charge in [0.25, 0.3) is 0 Å². The van der Waals surface area contributed by atoms with Crippen molar-refractivity contribution in [1.82, 2.24) is 14.9 Å². The van der Waals surface area contributed by atoms with E-state index in [1.807, 2.05) is 0 Å². The quantitative estimate of drug-likeness (QED) is 0.304. The van der Waals surface area contributed by atoms with Crippen molar-refractivity contribution in [2.75, 3.05) is 6.54 Å². The molecule has 2 heterocycles. The van der Waals surface area contributed by atoms with Crippen molar-refractivity contribution in [3.8, 4) is 0 Å². The largest absolute Gasteiger partial charge is 0.480 e. The standard InChI is InChI=1S/C15H26BN5O5/c1-9-15(18,14(23)24)5-10(2-3-16(25)26)7-21(9)13(22)12(17)4-11-6-19-8-20-11/h6,8-10,12,25-26H,2-5,7,17-18H2,1H3,(H,19,20)(H,23,24)/t9-,10-,12-,15+/m0/s1. The molecule has 1 fully saturated rings. The molecule has 2 rings (SSSR count). The molecule has 0 aromatic carbocycles. The van der Waals surface area contributed by atoms with Gasteiger partial charge in [0.15, 0.2) is 0 Å². The van der Waals surface area contributed by atoms with E-state index >= 15 is 0 Å². The van der Waals surface area contributed by atoms with Crippen molar-refractivity contribution in [3.63, 3.8) is 0 Å². The van der Waals surface area contributed by atoms with Crippen molar-refractivity contribution in [2.24, 2.45) is 17.4 Å². The highest BCUT2D eigenvalue weighted by Gasteiger charge is 2.50. The van der Waals surface area contributed by atoms with Gasteiger partial charge < -0.3 is 36.5 Å². The third kappa shape index (κ3) is 4.42. The Hall–Kier alpha value is -1.95. The molecule has 0 radical (unpaired) electrons. The number of nitrogens with one attached hydrogen (secondary N) is 1. The van der Waals surface area contributed by atoms with Crippen LogP contribution in [-0.4, -0.2) is 73.2 Å². The molecule has 8 N–H and O–H groups in total. The number of nitrogens with two attached hydrogens (primary N) is 2. The van der Waals surface area contributed by atoms with Crippen LogP contribution < -0.4 is 11.5 Å². The second kappa shape index (κ2) is 8.17. The summed E-state index contributed by atoms with van der Waals surface area (Å²) in [5.41, 5.74) is 11.2.